The van der Waals surface area contributed by atoms with Crippen LogP contribution in [0.3, 0.4) is 0 Å². The Morgan fingerprint density at radius 3 is 2.50 bits per heavy atom. The molecule has 3 rings (SSSR count). The molecule has 1 fully saturated rings. The van der Waals surface area contributed by atoms with Gasteiger partial charge in [0.05, 0.1) is 29.8 Å². The Morgan fingerprint density at radius 1 is 1.19 bits per heavy atom. The molecule has 0 unspecified atom stereocenters. The van der Waals surface area contributed by atoms with Crippen LogP contribution < -0.4 is 14.4 Å². The Balaban J connectivity index is 1.93. The fourth-order valence-electron chi connectivity index (χ4n) is 2.41. The zero-order valence-corrected chi connectivity index (χ0v) is 16.2. The van der Waals surface area contributed by atoms with Crippen molar-refractivity contribution < 1.29 is 19.4 Å². The van der Waals surface area contributed by atoms with Crippen molar-refractivity contribution in [1.29, 1.82) is 0 Å². The number of phenolic OH excluding ortho intramolecular Hbond substituents is 1. The van der Waals surface area contributed by atoms with Gasteiger partial charge < -0.3 is 14.6 Å². The topological polar surface area (TPSA) is 59.0 Å². The van der Waals surface area contributed by atoms with E-state index in [1.54, 1.807) is 49.6 Å². The van der Waals surface area contributed by atoms with Crippen LogP contribution in [-0.2, 0) is 4.79 Å². The van der Waals surface area contributed by atoms with E-state index in [2.05, 4.69) is 0 Å². The van der Waals surface area contributed by atoms with Crippen LogP contribution in [0.1, 0.15) is 5.56 Å². The lowest BCUT2D eigenvalue weighted by molar-refractivity contribution is -0.113. The lowest BCUT2D eigenvalue weighted by Gasteiger charge is -2.14. The zero-order valence-electron chi connectivity index (χ0n) is 13.9. The summed E-state index contributed by atoms with van der Waals surface area (Å²) >= 11 is 12.6. The summed E-state index contributed by atoms with van der Waals surface area (Å²) in [5, 5.41) is 9.96. The first-order valence-electron chi connectivity index (χ1n) is 7.43. The fourth-order valence-corrected chi connectivity index (χ4v) is 3.92. The van der Waals surface area contributed by atoms with Crippen LogP contribution in [0.25, 0.3) is 6.08 Å². The third kappa shape index (κ3) is 3.51. The van der Waals surface area contributed by atoms with Gasteiger partial charge >= 0.3 is 0 Å². The summed E-state index contributed by atoms with van der Waals surface area (Å²) in [6.45, 7) is 0. The number of methoxy groups -OCH3 is 2. The van der Waals surface area contributed by atoms with Gasteiger partial charge in [-0.3, -0.25) is 9.69 Å². The number of thiocarbonyl (C=S) groups is 1. The number of thioether (sulfide) groups is 1. The molecule has 0 radical (unpaired) electrons. The molecule has 134 valence electrons. The number of benzene rings is 2. The maximum atomic E-state index is 12.8. The Bertz CT molecular complexity index is 912. The van der Waals surface area contributed by atoms with Crippen molar-refractivity contribution in [2.75, 3.05) is 19.1 Å². The molecule has 2 aromatic rings. The zero-order chi connectivity index (χ0) is 18.8. The monoisotopic (exact) mass is 407 g/mol. The van der Waals surface area contributed by atoms with Gasteiger partial charge in [-0.25, -0.2) is 0 Å². The van der Waals surface area contributed by atoms with E-state index in [4.69, 9.17) is 33.3 Å². The van der Waals surface area contributed by atoms with E-state index in [1.165, 1.54) is 23.8 Å². The summed E-state index contributed by atoms with van der Waals surface area (Å²) in [4.78, 5) is 14.7. The lowest BCUT2D eigenvalue weighted by Crippen LogP contribution is -2.27. The first kappa shape index (κ1) is 18.6. The van der Waals surface area contributed by atoms with Gasteiger partial charge in [-0.2, -0.15) is 0 Å². The first-order chi connectivity index (χ1) is 12.4. The average molecular weight is 408 g/mol. The van der Waals surface area contributed by atoms with Crippen LogP contribution in [-0.4, -0.2) is 29.6 Å². The van der Waals surface area contributed by atoms with Crippen molar-refractivity contribution in [3.63, 3.8) is 0 Å². The molecule has 1 aliphatic heterocycles. The fraction of sp³-hybridized carbons (Fsp3) is 0.111. The number of aromatic hydroxyl groups is 1. The molecule has 0 aromatic heterocycles. The second-order valence-electron chi connectivity index (χ2n) is 5.27. The number of ether oxygens (including phenoxy) is 2. The average Bonchev–Trinajstić information content (AvgIpc) is 2.91. The maximum Gasteiger partial charge on any atom is 0.270 e. The highest BCUT2D eigenvalue weighted by atomic mass is 35.5. The van der Waals surface area contributed by atoms with Crippen molar-refractivity contribution in [3.8, 4) is 17.2 Å². The van der Waals surface area contributed by atoms with E-state index in [-0.39, 0.29) is 22.4 Å². The molecule has 0 saturated carbocycles. The van der Waals surface area contributed by atoms with E-state index in [1.807, 2.05) is 0 Å². The van der Waals surface area contributed by atoms with Crippen LogP contribution in [0.4, 0.5) is 5.69 Å². The number of halogens is 1. The minimum absolute atomic E-state index is 0.140. The van der Waals surface area contributed by atoms with E-state index in [0.29, 0.717) is 26.2 Å². The van der Waals surface area contributed by atoms with Gasteiger partial charge in [0.1, 0.15) is 5.75 Å². The lowest BCUT2D eigenvalue weighted by atomic mass is 10.1. The number of carbonyl (C=O) groups excluding carboxylic acids is 1. The number of hydrogen-bond acceptors (Lipinski definition) is 6. The summed E-state index contributed by atoms with van der Waals surface area (Å²) in [5.41, 5.74) is 1.29. The number of hydrogen-bond donors (Lipinski definition) is 1. The van der Waals surface area contributed by atoms with Gasteiger partial charge in [0.15, 0.2) is 15.8 Å². The molecule has 26 heavy (non-hydrogen) atoms. The van der Waals surface area contributed by atoms with Crippen molar-refractivity contribution >= 4 is 57.6 Å². The van der Waals surface area contributed by atoms with Gasteiger partial charge in [0.2, 0.25) is 0 Å². The summed E-state index contributed by atoms with van der Waals surface area (Å²) in [6, 6.07) is 10.2. The molecular weight excluding hydrogens is 394 g/mol. The molecule has 0 bridgehead atoms. The standard InChI is InChI=1S/C18H14ClNO4S2/c1-23-12-5-3-11(4-6-12)20-17(22)15(26-18(20)25)9-10-7-13(19)16(21)14(8-10)24-2/h3-9,21H,1-2H3. The Hall–Kier alpha value is -2.22. The molecule has 1 heterocycles. The third-order valence-corrected chi connectivity index (χ3v) is 5.28. The molecular formula is C18H14ClNO4S2. The second kappa shape index (κ2) is 7.57. The number of phenols is 1. The van der Waals surface area contributed by atoms with Gasteiger partial charge in [0.25, 0.3) is 5.91 Å². The number of rotatable bonds is 4. The summed E-state index contributed by atoms with van der Waals surface area (Å²) in [7, 11) is 3.01. The van der Waals surface area contributed by atoms with Crippen molar-refractivity contribution in [3.05, 3.63) is 51.9 Å². The SMILES string of the molecule is COc1ccc(N2C(=O)C(=Cc3cc(Cl)c(O)c(OC)c3)SC2=S)cc1. The van der Waals surface area contributed by atoms with E-state index < -0.39 is 0 Å². The summed E-state index contributed by atoms with van der Waals surface area (Å²) in [6.07, 6.45) is 1.66. The summed E-state index contributed by atoms with van der Waals surface area (Å²) < 4.78 is 10.7. The molecule has 1 amide bonds. The van der Waals surface area contributed by atoms with Crippen molar-refractivity contribution in [1.82, 2.24) is 0 Å². The highest BCUT2D eigenvalue weighted by molar-refractivity contribution is 8.27. The first-order valence-corrected chi connectivity index (χ1v) is 9.03. The van der Waals surface area contributed by atoms with Crippen LogP contribution in [0.15, 0.2) is 41.3 Å². The van der Waals surface area contributed by atoms with E-state index in [9.17, 15) is 9.90 Å². The van der Waals surface area contributed by atoms with Crippen LogP contribution in [0, 0.1) is 0 Å². The van der Waals surface area contributed by atoms with E-state index >= 15 is 0 Å². The van der Waals surface area contributed by atoms with Crippen molar-refractivity contribution in [2.24, 2.45) is 0 Å². The normalized spacial score (nSPS) is 15.7. The molecule has 0 aliphatic carbocycles. The Kier molecular flexibility index (Phi) is 5.41. The molecule has 2 aromatic carbocycles. The van der Waals surface area contributed by atoms with Gasteiger partial charge in [-0.1, -0.05) is 35.6 Å². The van der Waals surface area contributed by atoms with Crippen LogP contribution in [0.2, 0.25) is 5.02 Å². The highest BCUT2D eigenvalue weighted by Crippen LogP contribution is 2.39. The predicted molar refractivity (Wildman–Crippen MR) is 108 cm³/mol. The van der Waals surface area contributed by atoms with Gasteiger partial charge in [-0.05, 0) is 48.0 Å². The number of carbonyl (C=O) groups is 1. The molecule has 8 heteroatoms. The number of amides is 1. The molecule has 1 N–H and O–H groups in total. The minimum Gasteiger partial charge on any atom is -0.503 e. The molecule has 1 aliphatic rings. The predicted octanol–water partition coefficient (Wildman–Crippen LogP) is 4.47. The minimum atomic E-state index is -0.228. The maximum absolute atomic E-state index is 12.8. The molecule has 5 nitrogen and oxygen atoms in total. The second-order valence-corrected chi connectivity index (χ2v) is 7.35. The van der Waals surface area contributed by atoms with E-state index in [0.717, 1.165) is 0 Å². The third-order valence-electron chi connectivity index (χ3n) is 3.69. The Morgan fingerprint density at radius 2 is 1.88 bits per heavy atom. The molecule has 1 saturated heterocycles. The molecule has 0 spiro atoms. The van der Waals surface area contributed by atoms with Crippen LogP contribution in [0.5, 0.6) is 17.2 Å². The Labute approximate surface area is 165 Å². The number of anilines is 1. The highest BCUT2D eigenvalue weighted by Gasteiger charge is 2.33. The van der Waals surface area contributed by atoms with Gasteiger partial charge in [-0.15, -0.1) is 0 Å². The number of nitrogens with zero attached hydrogens (tertiary/aromatic N) is 1. The van der Waals surface area contributed by atoms with Crippen LogP contribution >= 0.6 is 35.6 Å². The molecule has 0 atom stereocenters. The smallest absolute Gasteiger partial charge is 0.270 e. The van der Waals surface area contributed by atoms with Gasteiger partial charge in [0, 0.05) is 0 Å². The quantitative estimate of drug-likeness (QED) is 0.596. The largest absolute Gasteiger partial charge is 0.503 e. The summed E-state index contributed by atoms with van der Waals surface area (Å²) in [5.74, 6) is 0.556. The van der Waals surface area contributed by atoms with Crippen molar-refractivity contribution in [2.45, 2.75) is 0 Å².